The summed E-state index contributed by atoms with van der Waals surface area (Å²) in [6.45, 7) is 2.68. The van der Waals surface area contributed by atoms with Crippen LogP contribution in [0.15, 0.2) is 23.3 Å². The van der Waals surface area contributed by atoms with Crippen LogP contribution in [0.25, 0.3) is 10.2 Å². The average Bonchev–Trinajstić information content (AvgIpc) is 3.49. The van der Waals surface area contributed by atoms with Crippen molar-refractivity contribution in [1.82, 2.24) is 24.8 Å². The number of nitrogens with one attached hydrogen (secondary N) is 2. The van der Waals surface area contributed by atoms with Gasteiger partial charge in [0.05, 0.1) is 22.3 Å². The minimum atomic E-state index is -0.659. The first kappa shape index (κ1) is 20.8. The van der Waals surface area contributed by atoms with Gasteiger partial charge in [-0.05, 0) is 50.3 Å². The molecular weight excluding hydrogens is 454 g/mol. The Bertz CT molecular complexity index is 1470. The van der Waals surface area contributed by atoms with Crippen molar-refractivity contribution in [2.45, 2.75) is 38.3 Å². The number of likely N-dealkylation sites (tertiary alicyclic amines) is 1. The number of anilines is 2. The van der Waals surface area contributed by atoms with Crippen LogP contribution in [0.3, 0.4) is 0 Å². The monoisotopic (exact) mass is 475 g/mol. The molecule has 0 aromatic carbocycles. The largest absolute Gasteiger partial charge is 0.335 e. The maximum atomic E-state index is 13.5. The van der Waals surface area contributed by atoms with Crippen LogP contribution in [-0.4, -0.2) is 44.3 Å². The highest BCUT2D eigenvalue weighted by Crippen LogP contribution is 2.39. The van der Waals surface area contributed by atoms with Crippen molar-refractivity contribution in [2.24, 2.45) is 5.92 Å². The SMILES string of the molecule is Cc1cc(Nc2ncnc3sc(C(=O)N4CC(C#N)C4)cc23)c(=O)n2c1C(=O)NC21CCCC1. The second kappa shape index (κ2) is 7.36. The molecule has 0 radical (unpaired) electrons. The number of nitriles is 1. The van der Waals surface area contributed by atoms with Gasteiger partial charge in [0.1, 0.15) is 34.0 Å². The molecule has 34 heavy (non-hydrogen) atoms. The van der Waals surface area contributed by atoms with E-state index in [1.807, 2.05) is 6.92 Å². The number of fused-ring (bicyclic) bond motifs is 3. The van der Waals surface area contributed by atoms with Crippen LogP contribution in [0, 0.1) is 24.2 Å². The zero-order valence-electron chi connectivity index (χ0n) is 18.4. The zero-order chi connectivity index (χ0) is 23.6. The normalized spacial score (nSPS) is 18.6. The van der Waals surface area contributed by atoms with E-state index < -0.39 is 5.66 Å². The molecule has 5 heterocycles. The first-order chi connectivity index (χ1) is 16.4. The summed E-state index contributed by atoms with van der Waals surface area (Å²) >= 11 is 1.26. The maximum absolute atomic E-state index is 13.5. The van der Waals surface area contributed by atoms with Crippen LogP contribution in [0.1, 0.15) is 51.4 Å². The fraction of sp³-hybridized carbons (Fsp3) is 0.391. The van der Waals surface area contributed by atoms with Gasteiger partial charge < -0.3 is 15.5 Å². The number of carbonyl (C=O) groups is 2. The number of thiophene rings is 1. The third-order valence-corrected chi connectivity index (χ3v) is 7.99. The highest BCUT2D eigenvalue weighted by molar-refractivity contribution is 7.20. The molecule has 10 nitrogen and oxygen atoms in total. The van der Waals surface area contributed by atoms with E-state index in [0.29, 0.717) is 50.9 Å². The van der Waals surface area contributed by atoms with Crippen LogP contribution >= 0.6 is 11.3 Å². The summed E-state index contributed by atoms with van der Waals surface area (Å²) < 4.78 is 1.62. The quantitative estimate of drug-likeness (QED) is 0.594. The van der Waals surface area contributed by atoms with Crippen molar-refractivity contribution >= 4 is 44.9 Å². The Hall–Kier alpha value is -3.78. The summed E-state index contributed by atoms with van der Waals surface area (Å²) in [4.78, 5) is 50.4. The standard InChI is InChI=1S/C23H21N7O3S/c1-12-6-15(21(32)30-17(12)19(31)28-23(30)4-2-3-5-23)27-18-14-7-16(34-20(14)26-11-25-18)22(33)29-9-13(8-24)10-29/h6-7,11,13H,2-5,9-10H2,1H3,(H,28,31)(H,25,26,27). The molecule has 3 aromatic heterocycles. The van der Waals surface area contributed by atoms with Crippen LogP contribution in [0.5, 0.6) is 0 Å². The van der Waals surface area contributed by atoms with Crippen molar-refractivity contribution in [3.8, 4) is 6.07 Å². The number of amides is 2. The van der Waals surface area contributed by atoms with Crippen LogP contribution in [-0.2, 0) is 5.66 Å². The van der Waals surface area contributed by atoms with Gasteiger partial charge in [0, 0.05) is 13.1 Å². The number of nitrogens with zero attached hydrogens (tertiary/aromatic N) is 5. The Morgan fingerprint density at radius 2 is 2.03 bits per heavy atom. The molecule has 172 valence electrons. The molecule has 11 heteroatoms. The number of rotatable bonds is 3. The van der Waals surface area contributed by atoms with E-state index in [1.54, 1.807) is 21.6 Å². The van der Waals surface area contributed by atoms with E-state index in [9.17, 15) is 14.4 Å². The predicted octanol–water partition coefficient (Wildman–Crippen LogP) is 2.47. The lowest BCUT2D eigenvalue weighted by molar-refractivity contribution is 0.0582. The lowest BCUT2D eigenvalue weighted by atomic mass is 10.0. The van der Waals surface area contributed by atoms with E-state index in [0.717, 1.165) is 25.7 Å². The molecule has 2 amide bonds. The van der Waals surface area contributed by atoms with Crippen molar-refractivity contribution in [3.63, 3.8) is 0 Å². The molecule has 6 rings (SSSR count). The van der Waals surface area contributed by atoms with E-state index in [1.165, 1.54) is 17.7 Å². The summed E-state index contributed by atoms with van der Waals surface area (Å²) in [6, 6.07) is 5.57. The van der Waals surface area contributed by atoms with Gasteiger partial charge in [0.15, 0.2) is 0 Å². The third-order valence-electron chi connectivity index (χ3n) is 6.96. The molecule has 1 saturated heterocycles. The molecule has 1 spiro atoms. The van der Waals surface area contributed by atoms with Gasteiger partial charge in [-0.1, -0.05) is 0 Å². The smallest absolute Gasteiger partial charge is 0.276 e. The van der Waals surface area contributed by atoms with Crippen molar-refractivity contribution in [3.05, 3.63) is 44.9 Å². The van der Waals surface area contributed by atoms with Gasteiger partial charge in [-0.2, -0.15) is 5.26 Å². The summed E-state index contributed by atoms with van der Waals surface area (Å²) in [5, 5.41) is 15.8. The average molecular weight is 476 g/mol. The zero-order valence-corrected chi connectivity index (χ0v) is 19.2. The molecule has 0 atom stereocenters. The van der Waals surface area contributed by atoms with Crippen molar-refractivity contribution in [1.29, 1.82) is 5.26 Å². The van der Waals surface area contributed by atoms with E-state index >= 15 is 0 Å². The summed E-state index contributed by atoms with van der Waals surface area (Å²) in [5.41, 5.74) is 0.511. The molecule has 2 N–H and O–H groups in total. The summed E-state index contributed by atoms with van der Waals surface area (Å²) in [7, 11) is 0. The number of aromatic nitrogens is 3. The van der Waals surface area contributed by atoms with Gasteiger partial charge in [-0.3, -0.25) is 19.0 Å². The lowest BCUT2D eigenvalue weighted by Crippen LogP contribution is -2.49. The minimum Gasteiger partial charge on any atom is -0.335 e. The Labute approximate surface area is 198 Å². The molecular formula is C23H21N7O3S. The lowest BCUT2D eigenvalue weighted by Gasteiger charge is -2.34. The Morgan fingerprint density at radius 1 is 1.26 bits per heavy atom. The molecule has 2 fully saturated rings. The molecule has 3 aliphatic rings. The molecule has 1 saturated carbocycles. The van der Waals surface area contributed by atoms with Crippen LogP contribution < -0.4 is 16.2 Å². The third kappa shape index (κ3) is 2.95. The summed E-state index contributed by atoms with van der Waals surface area (Å²) in [5.74, 6) is -0.0377. The van der Waals surface area contributed by atoms with Gasteiger partial charge in [0.25, 0.3) is 17.4 Å². The van der Waals surface area contributed by atoms with Crippen molar-refractivity contribution in [2.75, 3.05) is 18.4 Å². The molecule has 0 bridgehead atoms. The second-order valence-corrected chi connectivity index (χ2v) is 10.2. The topological polar surface area (TPSA) is 133 Å². The number of aryl methyl sites for hydroxylation is 1. The van der Waals surface area contributed by atoms with E-state index in [4.69, 9.17) is 5.26 Å². The highest BCUT2D eigenvalue weighted by Gasteiger charge is 2.46. The van der Waals surface area contributed by atoms with E-state index in [-0.39, 0.29) is 23.3 Å². The number of hydrogen-bond donors (Lipinski definition) is 2. The predicted molar refractivity (Wildman–Crippen MR) is 125 cm³/mol. The number of carbonyl (C=O) groups excluding carboxylic acids is 2. The highest BCUT2D eigenvalue weighted by atomic mass is 32.1. The fourth-order valence-corrected chi connectivity index (χ4v) is 6.20. The molecule has 2 aliphatic heterocycles. The first-order valence-electron chi connectivity index (χ1n) is 11.2. The van der Waals surface area contributed by atoms with Crippen LogP contribution in [0.2, 0.25) is 0 Å². The second-order valence-electron chi connectivity index (χ2n) is 9.14. The minimum absolute atomic E-state index is 0.115. The number of hydrogen-bond acceptors (Lipinski definition) is 8. The summed E-state index contributed by atoms with van der Waals surface area (Å²) in [6.07, 6.45) is 4.75. The van der Waals surface area contributed by atoms with Gasteiger partial charge in [-0.25, -0.2) is 9.97 Å². The first-order valence-corrected chi connectivity index (χ1v) is 12.0. The number of pyridine rings is 1. The van der Waals surface area contributed by atoms with Crippen LogP contribution in [0.4, 0.5) is 11.5 Å². The molecule has 0 unspecified atom stereocenters. The Morgan fingerprint density at radius 3 is 2.76 bits per heavy atom. The maximum Gasteiger partial charge on any atom is 0.276 e. The van der Waals surface area contributed by atoms with Gasteiger partial charge in [-0.15, -0.1) is 11.3 Å². The molecule has 3 aromatic rings. The Balaban J connectivity index is 1.38. The fourth-order valence-electron chi connectivity index (χ4n) is 5.23. The molecule has 1 aliphatic carbocycles. The van der Waals surface area contributed by atoms with Crippen molar-refractivity contribution < 1.29 is 9.59 Å². The van der Waals surface area contributed by atoms with Gasteiger partial charge in [0.2, 0.25) is 0 Å². The van der Waals surface area contributed by atoms with E-state index in [2.05, 4.69) is 26.7 Å². The Kier molecular flexibility index (Phi) is 4.50. The van der Waals surface area contributed by atoms with Gasteiger partial charge >= 0.3 is 0 Å².